The molecule has 1 aromatic heterocycles. The second-order valence-electron chi connectivity index (χ2n) is 6.29. The van der Waals surface area contributed by atoms with Crippen molar-refractivity contribution in [3.8, 4) is 0 Å². The van der Waals surface area contributed by atoms with Gasteiger partial charge in [-0.25, -0.2) is 4.79 Å². The molecule has 0 aliphatic heterocycles. The maximum Gasteiger partial charge on any atom is 0.416 e. The van der Waals surface area contributed by atoms with Crippen LogP contribution in [0.4, 0.5) is 23.9 Å². The van der Waals surface area contributed by atoms with E-state index in [1.54, 1.807) is 6.92 Å². The number of benzene rings is 1. The first-order valence-electron chi connectivity index (χ1n) is 8.86. The van der Waals surface area contributed by atoms with E-state index in [9.17, 15) is 18.0 Å². The Morgan fingerprint density at radius 3 is 2.50 bits per heavy atom. The number of thiophene rings is 1. The van der Waals surface area contributed by atoms with Gasteiger partial charge in [-0.05, 0) is 74.7 Å². The number of hydrogen-bond donors (Lipinski definition) is 2. The van der Waals surface area contributed by atoms with Gasteiger partial charge >= 0.3 is 12.1 Å². The van der Waals surface area contributed by atoms with Gasteiger partial charge in [-0.3, -0.25) is 0 Å². The number of rotatable bonds is 4. The molecule has 2 aromatic rings. The van der Waals surface area contributed by atoms with Crippen molar-refractivity contribution in [1.29, 1.82) is 0 Å². The van der Waals surface area contributed by atoms with Gasteiger partial charge < -0.3 is 15.4 Å². The van der Waals surface area contributed by atoms with Gasteiger partial charge in [-0.15, -0.1) is 11.3 Å². The van der Waals surface area contributed by atoms with Gasteiger partial charge in [0.05, 0.1) is 17.7 Å². The summed E-state index contributed by atoms with van der Waals surface area (Å²) < 4.78 is 43.2. The maximum atomic E-state index is 12.7. The molecule has 0 fully saturated rings. The predicted octanol–water partition coefficient (Wildman–Crippen LogP) is 5.63. The monoisotopic (exact) mass is 428 g/mol. The van der Waals surface area contributed by atoms with Crippen LogP contribution in [0.1, 0.15) is 46.1 Å². The Balaban J connectivity index is 1.76. The summed E-state index contributed by atoms with van der Waals surface area (Å²) in [6.45, 7) is 2.03. The van der Waals surface area contributed by atoms with E-state index in [2.05, 4.69) is 10.6 Å². The highest BCUT2D eigenvalue weighted by Gasteiger charge is 2.30. The first kappa shape index (κ1) is 20.6. The zero-order valence-electron chi connectivity index (χ0n) is 15.1. The van der Waals surface area contributed by atoms with Gasteiger partial charge in [0, 0.05) is 10.6 Å². The van der Waals surface area contributed by atoms with Crippen molar-refractivity contribution < 1.29 is 22.7 Å². The Morgan fingerprint density at radius 1 is 1.18 bits per heavy atom. The highest BCUT2D eigenvalue weighted by molar-refractivity contribution is 7.80. The number of aryl methyl sites for hydroxylation is 1. The smallest absolute Gasteiger partial charge is 0.416 e. The molecule has 0 amide bonds. The van der Waals surface area contributed by atoms with Crippen LogP contribution in [0, 0.1) is 0 Å². The van der Waals surface area contributed by atoms with Crippen LogP contribution in [0.15, 0.2) is 24.3 Å². The lowest BCUT2D eigenvalue weighted by molar-refractivity contribution is -0.137. The van der Waals surface area contributed by atoms with Gasteiger partial charge in [0.15, 0.2) is 5.11 Å². The van der Waals surface area contributed by atoms with E-state index in [1.807, 2.05) is 0 Å². The van der Waals surface area contributed by atoms with Crippen LogP contribution < -0.4 is 10.6 Å². The van der Waals surface area contributed by atoms with E-state index in [0.717, 1.165) is 48.3 Å². The molecule has 1 aliphatic rings. The number of halogens is 3. The molecule has 0 radical (unpaired) electrons. The molecule has 1 heterocycles. The van der Waals surface area contributed by atoms with Crippen molar-refractivity contribution in [3.63, 3.8) is 0 Å². The van der Waals surface area contributed by atoms with Crippen molar-refractivity contribution in [2.45, 2.75) is 38.8 Å². The third-order valence-electron chi connectivity index (χ3n) is 4.35. The molecule has 1 aliphatic carbocycles. The zero-order valence-corrected chi connectivity index (χ0v) is 16.7. The Hall–Kier alpha value is -2.13. The first-order valence-corrected chi connectivity index (χ1v) is 10.1. The fourth-order valence-electron chi connectivity index (χ4n) is 3.08. The van der Waals surface area contributed by atoms with Crippen LogP contribution in [0.3, 0.4) is 0 Å². The summed E-state index contributed by atoms with van der Waals surface area (Å²) in [5, 5.41) is 6.68. The number of fused-ring (bicyclic) bond motifs is 1. The molecule has 0 saturated heterocycles. The normalized spacial score (nSPS) is 13.6. The molecule has 9 heteroatoms. The first-order chi connectivity index (χ1) is 13.3. The summed E-state index contributed by atoms with van der Waals surface area (Å²) in [6.07, 6.45) is -0.566. The van der Waals surface area contributed by atoms with Gasteiger partial charge in [0.25, 0.3) is 0 Å². The molecule has 3 rings (SSSR count). The molecule has 150 valence electrons. The summed E-state index contributed by atoms with van der Waals surface area (Å²) in [6, 6.07) is 4.59. The van der Waals surface area contributed by atoms with Crippen molar-refractivity contribution in [3.05, 3.63) is 45.8 Å². The lowest BCUT2D eigenvalue weighted by atomic mass is 9.95. The van der Waals surface area contributed by atoms with E-state index in [-0.39, 0.29) is 17.7 Å². The Kier molecular flexibility index (Phi) is 6.24. The summed E-state index contributed by atoms with van der Waals surface area (Å²) >= 11 is 6.76. The number of nitrogens with one attached hydrogen (secondary N) is 2. The Bertz CT molecular complexity index is 877. The minimum absolute atomic E-state index is 0.198. The van der Waals surface area contributed by atoms with Crippen LogP contribution >= 0.6 is 23.6 Å². The highest BCUT2D eigenvalue weighted by atomic mass is 32.1. The van der Waals surface area contributed by atoms with E-state index < -0.39 is 11.7 Å². The molecule has 28 heavy (non-hydrogen) atoms. The fraction of sp³-hybridized carbons (Fsp3) is 0.368. The van der Waals surface area contributed by atoms with Crippen LogP contribution in [-0.4, -0.2) is 17.7 Å². The molecular formula is C19H19F3N2O2S2. The van der Waals surface area contributed by atoms with Crippen LogP contribution in [0.2, 0.25) is 0 Å². The number of thiocarbonyl (C=S) groups is 1. The molecule has 2 N–H and O–H groups in total. The second-order valence-corrected chi connectivity index (χ2v) is 7.80. The minimum atomic E-state index is -4.39. The standard InChI is InChI=1S/C19H19F3N2O2S2/c1-2-26-17(25)15-13-5-3-4-6-14(13)28-16(15)24-18(27)23-12-9-7-11(8-10-12)19(20,21)22/h7-10H,2-6H2,1H3,(H2,23,24,27). The van der Waals surface area contributed by atoms with Crippen molar-refractivity contribution >= 4 is 45.3 Å². The van der Waals surface area contributed by atoms with Crippen molar-refractivity contribution in [2.75, 3.05) is 17.2 Å². The number of hydrogen-bond acceptors (Lipinski definition) is 4. The maximum absolute atomic E-state index is 12.7. The predicted molar refractivity (Wildman–Crippen MR) is 108 cm³/mol. The largest absolute Gasteiger partial charge is 0.462 e. The van der Waals surface area contributed by atoms with Gasteiger partial charge in [0.2, 0.25) is 0 Å². The van der Waals surface area contributed by atoms with Crippen LogP contribution in [0.5, 0.6) is 0 Å². The Morgan fingerprint density at radius 2 is 1.86 bits per heavy atom. The summed E-state index contributed by atoms with van der Waals surface area (Å²) in [4.78, 5) is 13.6. The van der Waals surface area contributed by atoms with E-state index in [0.29, 0.717) is 16.3 Å². The topological polar surface area (TPSA) is 50.4 Å². The zero-order chi connectivity index (χ0) is 20.3. The van der Waals surface area contributed by atoms with Crippen molar-refractivity contribution in [2.24, 2.45) is 0 Å². The molecule has 0 unspecified atom stereocenters. The quantitative estimate of drug-likeness (QED) is 0.488. The highest BCUT2D eigenvalue weighted by Crippen LogP contribution is 2.38. The number of esters is 1. The average Bonchev–Trinajstić information content (AvgIpc) is 2.99. The second kappa shape index (κ2) is 8.48. The minimum Gasteiger partial charge on any atom is -0.462 e. The average molecular weight is 429 g/mol. The number of carbonyl (C=O) groups is 1. The van der Waals surface area contributed by atoms with Gasteiger partial charge in [-0.2, -0.15) is 13.2 Å². The molecule has 0 spiro atoms. The summed E-state index contributed by atoms with van der Waals surface area (Å²) in [5.41, 5.74) is 1.21. The van der Waals surface area contributed by atoms with E-state index in [1.165, 1.54) is 23.5 Å². The molecule has 1 aromatic carbocycles. The third-order valence-corrected chi connectivity index (χ3v) is 5.76. The number of ether oxygens (including phenoxy) is 1. The molecule has 0 bridgehead atoms. The summed E-state index contributed by atoms with van der Waals surface area (Å²) in [5.74, 6) is -0.387. The number of carbonyl (C=O) groups excluding carboxylic acids is 1. The van der Waals surface area contributed by atoms with E-state index in [4.69, 9.17) is 17.0 Å². The lowest BCUT2D eigenvalue weighted by Crippen LogP contribution is -2.20. The molecule has 4 nitrogen and oxygen atoms in total. The molecular weight excluding hydrogens is 409 g/mol. The van der Waals surface area contributed by atoms with Gasteiger partial charge in [-0.1, -0.05) is 0 Å². The molecule has 0 atom stereocenters. The SMILES string of the molecule is CCOC(=O)c1c(NC(=S)Nc2ccc(C(F)(F)F)cc2)sc2c1CCCC2. The van der Waals surface area contributed by atoms with Crippen LogP contribution in [0.25, 0.3) is 0 Å². The number of alkyl halides is 3. The van der Waals surface area contributed by atoms with Crippen molar-refractivity contribution in [1.82, 2.24) is 0 Å². The van der Waals surface area contributed by atoms with Crippen LogP contribution in [-0.2, 0) is 23.8 Å². The third kappa shape index (κ3) is 4.64. The molecule has 0 saturated carbocycles. The fourth-order valence-corrected chi connectivity index (χ4v) is 4.65. The Labute approximate surface area is 170 Å². The summed E-state index contributed by atoms with van der Waals surface area (Å²) in [7, 11) is 0. The van der Waals surface area contributed by atoms with E-state index >= 15 is 0 Å². The number of anilines is 2. The lowest BCUT2D eigenvalue weighted by Gasteiger charge is -2.13. The van der Waals surface area contributed by atoms with Gasteiger partial charge in [0.1, 0.15) is 5.00 Å².